The van der Waals surface area contributed by atoms with Crippen LogP contribution in [0.15, 0.2) is 16.5 Å². The van der Waals surface area contributed by atoms with Gasteiger partial charge in [-0.2, -0.15) is 0 Å². The van der Waals surface area contributed by atoms with Crippen molar-refractivity contribution >= 4 is 11.1 Å². The minimum absolute atomic E-state index is 0.279. The van der Waals surface area contributed by atoms with Gasteiger partial charge in [-0.15, -0.1) is 0 Å². The molecule has 0 fully saturated rings. The summed E-state index contributed by atoms with van der Waals surface area (Å²) in [6.45, 7) is 2.09. The Hall–Kier alpha value is -1.71. The van der Waals surface area contributed by atoms with E-state index in [-0.39, 0.29) is 6.79 Å². The van der Waals surface area contributed by atoms with Crippen molar-refractivity contribution in [1.29, 1.82) is 0 Å². The highest BCUT2D eigenvalue weighted by Crippen LogP contribution is 2.35. The number of oxazole rings is 1. The maximum Gasteiger partial charge on any atom is 0.231 e. The van der Waals surface area contributed by atoms with E-state index in [1.54, 1.807) is 6.07 Å². The fourth-order valence-corrected chi connectivity index (χ4v) is 1.43. The molecular weight excluding hydrogens is 170 g/mol. The quantitative estimate of drug-likeness (QED) is 0.616. The van der Waals surface area contributed by atoms with Gasteiger partial charge in [-0.3, -0.25) is 0 Å². The molecule has 4 nitrogen and oxygen atoms in total. The van der Waals surface area contributed by atoms with Crippen LogP contribution in [0, 0.1) is 6.92 Å². The Kier molecular flexibility index (Phi) is 1.12. The third-order valence-corrected chi connectivity index (χ3v) is 1.99. The highest BCUT2D eigenvalue weighted by Gasteiger charge is 2.16. The maximum absolute atomic E-state index is 5.35. The molecule has 0 unspecified atom stereocenters. The van der Waals surface area contributed by atoms with Gasteiger partial charge in [0.2, 0.25) is 6.79 Å². The first kappa shape index (κ1) is 6.77. The van der Waals surface area contributed by atoms with Crippen molar-refractivity contribution < 1.29 is 13.9 Å². The zero-order chi connectivity index (χ0) is 8.84. The Bertz CT molecular complexity index is 434. The number of benzene rings is 1. The first-order chi connectivity index (χ1) is 6.33. The summed E-state index contributed by atoms with van der Waals surface area (Å²) < 4.78 is 15.8. The molecular formula is C9H7NO3. The van der Waals surface area contributed by atoms with Crippen LogP contribution < -0.4 is 9.47 Å². The highest BCUT2D eigenvalue weighted by atomic mass is 16.7. The van der Waals surface area contributed by atoms with E-state index in [2.05, 4.69) is 4.98 Å². The van der Waals surface area contributed by atoms with Crippen molar-refractivity contribution in [2.24, 2.45) is 0 Å². The molecule has 4 heteroatoms. The fraction of sp³-hybridized carbons (Fsp3) is 0.222. The highest BCUT2D eigenvalue weighted by molar-refractivity contribution is 5.77. The third-order valence-electron chi connectivity index (χ3n) is 1.99. The number of aryl methyl sites for hydroxylation is 1. The van der Waals surface area contributed by atoms with Crippen molar-refractivity contribution in [3.8, 4) is 11.5 Å². The zero-order valence-electron chi connectivity index (χ0n) is 7.03. The smallest absolute Gasteiger partial charge is 0.231 e. The lowest BCUT2D eigenvalue weighted by Gasteiger charge is -1.92. The van der Waals surface area contributed by atoms with E-state index in [0.717, 1.165) is 22.6 Å². The van der Waals surface area contributed by atoms with Crippen molar-refractivity contribution in [2.45, 2.75) is 6.92 Å². The van der Waals surface area contributed by atoms with E-state index in [0.29, 0.717) is 5.89 Å². The van der Waals surface area contributed by atoms with Crippen LogP contribution in [0.5, 0.6) is 11.5 Å². The summed E-state index contributed by atoms with van der Waals surface area (Å²) >= 11 is 0. The second-order valence-electron chi connectivity index (χ2n) is 2.91. The van der Waals surface area contributed by atoms with Crippen molar-refractivity contribution in [1.82, 2.24) is 4.98 Å². The van der Waals surface area contributed by atoms with Gasteiger partial charge in [0, 0.05) is 19.1 Å². The topological polar surface area (TPSA) is 44.5 Å². The molecule has 0 saturated heterocycles. The maximum atomic E-state index is 5.35. The van der Waals surface area contributed by atoms with Crippen molar-refractivity contribution in [3.63, 3.8) is 0 Å². The molecule has 1 aliphatic heterocycles. The largest absolute Gasteiger partial charge is 0.454 e. The van der Waals surface area contributed by atoms with Crippen LogP contribution in [0.4, 0.5) is 0 Å². The molecule has 0 radical (unpaired) electrons. The number of rotatable bonds is 0. The lowest BCUT2D eigenvalue weighted by Crippen LogP contribution is -1.92. The number of ether oxygens (including phenoxy) is 2. The van der Waals surface area contributed by atoms with E-state index in [9.17, 15) is 0 Å². The summed E-state index contributed by atoms with van der Waals surface area (Å²) in [5.41, 5.74) is 1.54. The lowest BCUT2D eigenvalue weighted by atomic mass is 10.3. The van der Waals surface area contributed by atoms with Gasteiger partial charge < -0.3 is 13.9 Å². The van der Waals surface area contributed by atoms with Gasteiger partial charge in [-0.05, 0) is 0 Å². The predicted molar refractivity (Wildman–Crippen MR) is 44.9 cm³/mol. The molecule has 13 heavy (non-hydrogen) atoms. The molecule has 0 saturated carbocycles. The van der Waals surface area contributed by atoms with Crippen LogP contribution in [0.1, 0.15) is 5.89 Å². The van der Waals surface area contributed by atoms with Gasteiger partial charge in [0.25, 0.3) is 0 Å². The lowest BCUT2D eigenvalue weighted by molar-refractivity contribution is 0.174. The third kappa shape index (κ3) is 0.884. The molecule has 0 amide bonds. The molecule has 0 aliphatic carbocycles. The summed E-state index contributed by atoms with van der Waals surface area (Å²) in [4.78, 5) is 4.19. The Morgan fingerprint density at radius 3 is 2.85 bits per heavy atom. The minimum atomic E-state index is 0.279. The Morgan fingerprint density at radius 2 is 2.00 bits per heavy atom. The molecule has 0 atom stereocenters. The minimum Gasteiger partial charge on any atom is -0.454 e. The zero-order valence-corrected chi connectivity index (χ0v) is 7.03. The van der Waals surface area contributed by atoms with Crippen LogP contribution in [-0.4, -0.2) is 11.8 Å². The molecule has 0 spiro atoms. The second kappa shape index (κ2) is 2.16. The first-order valence-electron chi connectivity index (χ1n) is 4.00. The Morgan fingerprint density at radius 1 is 1.23 bits per heavy atom. The number of hydrogen-bond donors (Lipinski definition) is 0. The fourth-order valence-electron chi connectivity index (χ4n) is 1.43. The molecule has 3 rings (SSSR count). The van der Waals surface area contributed by atoms with Gasteiger partial charge in [-0.25, -0.2) is 4.98 Å². The monoisotopic (exact) mass is 177 g/mol. The number of aromatic nitrogens is 1. The van der Waals surface area contributed by atoms with Gasteiger partial charge >= 0.3 is 0 Å². The Balaban J connectivity index is 2.35. The summed E-state index contributed by atoms with van der Waals surface area (Å²) in [6, 6.07) is 3.63. The van der Waals surface area contributed by atoms with E-state index in [1.807, 2.05) is 13.0 Å². The molecule has 2 aromatic rings. The predicted octanol–water partition coefficient (Wildman–Crippen LogP) is 1.86. The molecule has 0 bridgehead atoms. The van der Waals surface area contributed by atoms with Gasteiger partial charge in [-0.1, -0.05) is 0 Å². The van der Waals surface area contributed by atoms with Gasteiger partial charge in [0.15, 0.2) is 23.0 Å². The van der Waals surface area contributed by atoms with E-state index < -0.39 is 0 Å². The van der Waals surface area contributed by atoms with Crippen LogP contribution in [0.2, 0.25) is 0 Å². The molecule has 2 heterocycles. The average Bonchev–Trinajstić information content (AvgIpc) is 2.63. The standard InChI is InChI=1S/C9H7NO3/c1-5-10-6-2-8-9(12-4-11-8)3-7(6)13-5/h2-3H,4H2,1H3. The van der Waals surface area contributed by atoms with Crippen LogP contribution in [0.25, 0.3) is 11.1 Å². The van der Waals surface area contributed by atoms with Crippen LogP contribution in [0.3, 0.4) is 0 Å². The summed E-state index contributed by atoms with van der Waals surface area (Å²) in [7, 11) is 0. The summed E-state index contributed by atoms with van der Waals surface area (Å²) in [5.74, 6) is 2.11. The Labute approximate surface area is 74.1 Å². The molecule has 66 valence electrons. The van der Waals surface area contributed by atoms with Gasteiger partial charge in [0.05, 0.1) is 0 Å². The second-order valence-corrected chi connectivity index (χ2v) is 2.91. The van der Waals surface area contributed by atoms with E-state index >= 15 is 0 Å². The van der Waals surface area contributed by atoms with Crippen LogP contribution in [-0.2, 0) is 0 Å². The normalized spacial score (nSPS) is 13.9. The summed E-state index contributed by atoms with van der Waals surface area (Å²) in [6.07, 6.45) is 0. The number of fused-ring (bicyclic) bond motifs is 2. The van der Waals surface area contributed by atoms with Crippen molar-refractivity contribution in [2.75, 3.05) is 6.79 Å². The SMILES string of the molecule is Cc1nc2cc3c(cc2o1)OCO3. The molecule has 0 N–H and O–H groups in total. The number of hydrogen-bond acceptors (Lipinski definition) is 4. The first-order valence-corrected chi connectivity index (χ1v) is 4.00. The van der Waals surface area contributed by atoms with Gasteiger partial charge in [0.1, 0.15) is 5.52 Å². The molecule has 1 aromatic heterocycles. The van der Waals surface area contributed by atoms with E-state index in [1.165, 1.54) is 0 Å². The molecule has 1 aromatic carbocycles. The summed E-state index contributed by atoms with van der Waals surface area (Å²) in [5, 5.41) is 0. The average molecular weight is 177 g/mol. The van der Waals surface area contributed by atoms with E-state index in [4.69, 9.17) is 13.9 Å². The van der Waals surface area contributed by atoms with Crippen molar-refractivity contribution in [3.05, 3.63) is 18.0 Å². The van der Waals surface area contributed by atoms with Crippen LogP contribution >= 0.6 is 0 Å². The number of nitrogens with zero attached hydrogens (tertiary/aromatic N) is 1. The molecule has 1 aliphatic rings.